The topological polar surface area (TPSA) is 54.9 Å². The number of amides is 1. The first kappa shape index (κ1) is 10.1. The maximum absolute atomic E-state index is 11.3. The lowest BCUT2D eigenvalue weighted by Crippen LogP contribution is -2.24. The van der Waals surface area contributed by atoms with Crippen LogP contribution < -0.4 is 5.32 Å². The summed E-state index contributed by atoms with van der Waals surface area (Å²) in [6, 6.07) is 1.64. The molecule has 70 valence electrons. The van der Waals surface area contributed by atoms with E-state index in [1.165, 1.54) is 12.4 Å². The van der Waals surface area contributed by atoms with E-state index in [0.717, 1.165) is 11.8 Å². The van der Waals surface area contributed by atoms with E-state index in [2.05, 4.69) is 31.4 Å². The zero-order chi connectivity index (χ0) is 9.52. The standard InChI is InChI=1S/C8H10BrN3O/c9-3-1-4-10-8(13)7-2-5-11-12-6-7/h2,5-6H,1,3-4H2,(H,10,13). The number of halogens is 1. The predicted molar refractivity (Wildman–Crippen MR) is 52.8 cm³/mol. The van der Waals surface area contributed by atoms with E-state index in [9.17, 15) is 4.79 Å². The minimum Gasteiger partial charge on any atom is -0.352 e. The van der Waals surface area contributed by atoms with Gasteiger partial charge in [0.15, 0.2) is 0 Å². The minimum absolute atomic E-state index is 0.101. The second kappa shape index (κ2) is 5.64. The van der Waals surface area contributed by atoms with Crippen molar-refractivity contribution < 1.29 is 4.79 Å². The largest absolute Gasteiger partial charge is 0.352 e. The van der Waals surface area contributed by atoms with Crippen molar-refractivity contribution in [1.29, 1.82) is 0 Å². The maximum atomic E-state index is 11.3. The van der Waals surface area contributed by atoms with Crippen LogP contribution >= 0.6 is 15.9 Å². The van der Waals surface area contributed by atoms with Crippen molar-refractivity contribution in [2.75, 3.05) is 11.9 Å². The van der Waals surface area contributed by atoms with Gasteiger partial charge in [0, 0.05) is 11.9 Å². The Hall–Kier alpha value is -0.970. The molecule has 0 aromatic carbocycles. The Balaban J connectivity index is 2.40. The van der Waals surface area contributed by atoms with Gasteiger partial charge in [-0.15, -0.1) is 0 Å². The maximum Gasteiger partial charge on any atom is 0.252 e. The van der Waals surface area contributed by atoms with Gasteiger partial charge in [0.05, 0.1) is 18.0 Å². The van der Waals surface area contributed by atoms with E-state index in [1.807, 2.05) is 0 Å². The molecule has 1 amide bonds. The number of carbonyl (C=O) groups is 1. The molecule has 1 aromatic heterocycles. The molecule has 0 unspecified atom stereocenters. The van der Waals surface area contributed by atoms with Crippen molar-refractivity contribution in [3.8, 4) is 0 Å². The summed E-state index contributed by atoms with van der Waals surface area (Å²) in [5.74, 6) is -0.101. The van der Waals surface area contributed by atoms with E-state index in [1.54, 1.807) is 6.07 Å². The van der Waals surface area contributed by atoms with Gasteiger partial charge in [-0.1, -0.05) is 15.9 Å². The second-order valence-corrected chi connectivity index (χ2v) is 3.22. The Labute approximate surface area is 84.9 Å². The highest BCUT2D eigenvalue weighted by Gasteiger charge is 2.02. The Morgan fingerprint density at radius 1 is 1.54 bits per heavy atom. The van der Waals surface area contributed by atoms with Crippen LogP contribution in [0.3, 0.4) is 0 Å². The summed E-state index contributed by atoms with van der Waals surface area (Å²) in [5.41, 5.74) is 0.546. The zero-order valence-electron chi connectivity index (χ0n) is 7.03. The number of nitrogens with one attached hydrogen (secondary N) is 1. The highest BCUT2D eigenvalue weighted by molar-refractivity contribution is 9.09. The number of rotatable bonds is 4. The van der Waals surface area contributed by atoms with Crippen molar-refractivity contribution in [1.82, 2.24) is 15.5 Å². The molecule has 0 saturated carbocycles. The molecule has 0 atom stereocenters. The quantitative estimate of drug-likeness (QED) is 0.634. The molecule has 0 saturated heterocycles. The molecule has 0 radical (unpaired) electrons. The molecular formula is C8H10BrN3O. The summed E-state index contributed by atoms with van der Waals surface area (Å²) >= 11 is 3.28. The average molecular weight is 244 g/mol. The lowest BCUT2D eigenvalue weighted by molar-refractivity contribution is 0.0953. The van der Waals surface area contributed by atoms with E-state index in [0.29, 0.717) is 12.1 Å². The van der Waals surface area contributed by atoms with Crippen LogP contribution in [0.5, 0.6) is 0 Å². The minimum atomic E-state index is -0.101. The molecule has 1 rings (SSSR count). The smallest absolute Gasteiger partial charge is 0.252 e. The number of carbonyl (C=O) groups excluding carboxylic acids is 1. The van der Waals surface area contributed by atoms with Crippen LogP contribution in [0.25, 0.3) is 0 Å². The normalized spacial score (nSPS) is 9.62. The van der Waals surface area contributed by atoms with Crippen molar-refractivity contribution >= 4 is 21.8 Å². The first-order valence-electron chi connectivity index (χ1n) is 3.95. The molecule has 0 spiro atoms. The van der Waals surface area contributed by atoms with Crippen molar-refractivity contribution in [3.05, 3.63) is 24.0 Å². The first-order chi connectivity index (χ1) is 6.34. The molecule has 0 aliphatic rings. The molecule has 0 aliphatic carbocycles. The van der Waals surface area contributed by atoms with Gasteiger partial charge in [0.1, 0.15) is 0 Å². The zero-order valence-corrected chi connectivity index (χ0v) is 8.62. The molecule has 13 heavy (non-hydrogen) atoms. The van der Waals surface area contributed by atoms with Gasteiger partial charge in [-0.05, 0) is 12.5 Å². The van der Waals surface area contributed by atoms with Gasteiger partial charge in [-0.2, -0.15) is 10.2 Å². The summed E-state index contributed by atoms with van der Waals surface area (Å²) in [7, 11) is 0. The van der Waals surface area contributed by atoms with Crippen molar-refractivity contribution in [2.45, 2.75) is 6.42 Å². The van der Waals surface area contributed by atoms with Crippen molar-refractivity contribution in [3.63, 3.8) is 0 Å². The molecule has 1 N–H and O–H groups in total. The van der Waals surface area contributed by atoms with Crippen LogP contribution in [-0.4, -0.2) is 28.0 Å². The van der Waals surface area contributed by atoms with Crippen LogP contribution in [0.1, 0.15) is 16.8 Å². The Morgan fingerprint density at radius 2 is 2.38 bits per heavy atom. The third-order valence-electron chi connectivity index (χ3n) is 1.44. The fourth-order valence-electron chi connectivity index (χ4n) is 0.796. The molecule has 1 aromatic rings. The Bertz CT molecular complexity index is 265. The third-order valence-corrected chi connectivity index (χ3v) is 2.00. The lowest BCUT2D eigenvalue weighted by Gasteiger charge is -2.01. The SMILES string of the molecule is O=C(NCCCBr)c1ccnnc1. The van der Waals surface area contributed by atoms with Crippen LogP contribution in [0.15, 0.2) is 18.5 Å². The Kier molecular flexibility index (Phi) is 4.39. The molecule has 5 heteroatoms. The summed E-state index contributed by atoms with van der Waals surface area (Å²) in [6.07, 6.45) is 3.87. The molecule has 1 heterocycles. The van der Waals surface area contributed by atoms with Gasteiger partial charge >= 0.3 is 0 Å². The van der Waals surface area contributed by atoms with Gasteiger partial charge in [-0.3, -0.25) is 4.79 Å². The summed E-state index contributed by atoms with van der Waals surface area (Å²) in [6.45, 7) is 0.673. The van der Waals surface area contributed by atoms with Crippen LogP contribution in [-0.2, 0) is 0 Å². The van der Waals surface area contributed by atoms with E-state index >= 15 is 0 Å². The van der Waals surface area contributed by atoms with Gasteiger partial charge in [-0.25, -0.2) is 0 Å². The molecule has 0 aliphatic heterocycles. The molecule has 4 nitrogen and oxygen atoms in total. The summed E-state index contributed by atoms with van der Waals surface area (Å²) in [5, 5.41) is 10.9. The summed E-state index contributed by atoms with van der Waals surface area (Å²) in [4.78, 5) is 11.3. The number of hydrogen-bond acceptors (Lipinski definition) is 3. The number of nitrogens with zero attached hydrogens (tertiary/aromatic N) is 2. The predicted octanol–water partition coefficient (Wildman–Crippen LogP) is 0.991. The highest BCUT2D eigenvalue weighted by Crippen LogP contribution is 1.93. The molecule has 0 fully saturated rings. The van der Waals surface area contributed by atoms with Crippen molar-refractivity contribution in [2.24, 2.45) is 0 Å². The number of alkyl halides is 1. The lowest BCUT2D eigenvalue weighted by atomic mass is 10.3. The van der Waals surface area contributed by atoms with Gasteiger partial charge in [0.2, 0.25) is 0 Å². The van der Waals surface area contributed by atoms with E-state index in [4.69, 9.17) is 0 Å². The monoisotopic (exact) mass is 243 g/mol. The van der Waals surface area contributed by atoms with Gasteiger partial charge in [0.25, 0.3) is 5.91 Å². The first-order valence-corrected chi connectivity index (χ1v) is 5.07. The Morgan fingerprint density at radius 3 is 3.00 bits per heavy atom. The highest BCUT2D eigenvalue weighted by atomic mass is 79.9. The van der Waals surface area contributed by atoms with E-state index < -0.39 is 0 Å². The number of aromatic nitrogens is 2. The summed E-state index contributed by atoms with van der Waals surface area (Å²) < 4.78 is 0. The fraction of sp³-hybridized carbons (Fsp3) is 0.375. The van der Waals surface area contributed by atoms with Crippen LogP contribution in [0, 0.1) is 0 Å². The average Bonchev–Trinajstić information content (AvgIpc) is 2.19. The second-order valence-electron chi connectivity index (χ2n) is 2.43. The fourth-order valence-corrected chi connectivity index (χ4v) is 1.08. The molecule has 0 bridgehead atoms. The van der Waals surface area contributed by atoms with Crippen LogP contribution in [0.2, 0.25) is 0 Å². The van der Waals surface area contributed by atoms with E-state index in [-0.39, 0.29) is 5.91 Å². The number of hydrogen-bond donors (Lipinski definition) is 1. The third kappa shape index (κ3) is 3.50. The van der Waals surface area contributed by atoms with Crippen LogP contribution in [0.4, 0.5) is 0 Å². The molecular weight excluding hydrogens is 234 g/mol. The van der Waals surface area contributed by atoms with Gasteiger partial charge < -0.3 is 5.32 Å².